The van der Waals surface area contributed by atoms with E-state index in [1.165, 1.54) is 11.1 Å². The number of carbonyl (C=O) groups excluding carboxylic acids is 1. The van der Waals surface area contributed by atoms with Gasteiger partial charge in [-0.3, -0.25) is 9.69 Å². The Morgan fingerprint density at radius 1 is 1.23 bits per heavy atom. The molecular weight excluding hydrogens is 330 g/mol. The first-order chi connectivity index (χ1) is 12.7. The quantitative estimate of drug-likeness (QED) is 0.911. The molecule has 0 radical (unpaired) electrons. The average Bonchev–Trinajstić information content (AvgIpc) is 3.15. The van der Waals surface area contributed by atoms with Crippen LogP contribution in [0.15, 0.2) is 34.9 Å². The van der Waals surface area contributed by atoms with Crippen molar-refractivity contribution in [3.63, 3.8) is 0 Å². The van der Waals surface area contributed by atoms with Crippen molar-refractivity contribution >= 4 is 5.91 Å². The Morgan fingerprint density at radius 3 is 2.92 bits per heavy atom. The predicted molar refractivity (Wildman–Crippen MR) is 96.5 cm³/mol. The molecule has 0 spiro atoms. The number of aliphatic hydroxyl groups is 1. The summed E-state index contributed by atoms with van der Waals surface area (Å²) in [6.07, 6.45) is 3.90. The molecule has 2 aliphatic heterocycles. The van der Waals surface area contributed by atoms with Crippen molar-refractivity contribution in [2.45, 2.75) is 44.8 Å². The lowest BCUT2D eigenvalue weighted by molar-refractivity contribution is 0.0493. The van der Waals surface area contributed by atoms with Crippen LogP contribution in [0, 0.1) is 0 Å². The van der Waals surface area contributed by atoms with Gasteiger partial charge in [0.2, 0.25) is 0 Å². The van der Waals surface area contributed by atoms with Crippen LogP contribution in [0.4, 0.5) is 0 Å². The number of hydrogen-bond acceptors (Lipinski definition) is 5. The number of aliphatic hydroxyl groups excluding tert-OH is 1. The van der Waals surface area contributed by atoms with Gasteiger partial charge < -0.3 is 14.5 Å². The van der Waals surface area contributed by atoms with E-state index in [0.29, 0.717) is 24.5 Å². The Hall–Kier alpha value is -2.18. The summed E-state index contributed by atoms with van der Waals surface area (Å²) in [4.78, 5) is 16.8. The number of fused-ring (bicyclic) bond motifs is 1. The van der Waals surface area contributed by atoms with Crippen molar-refractivity contribution in [1.82, 2.24) is 15.0 Å². The molecule has 1 fully saturated rings. The highest BCUT2D eigenvalue weighted by Gasteiger charge is 2.29. The predicted octanol–water partition coefficient (Wildman–Crippen LogP) is 2.22. The molecule has 0 bridgehead atoms. The minimum atomic E-state index is -0.136. The zero-order valence-corrected chi connectivity index (χ0v) is 14.9. The summed E-state index contributed by atoms with van der Waals surface area (Å²) >= 11 is 0. The molecule has 1 aromatic heterocycles. The van der Waals surface area contributed by atoms with Gasteiger partial charge in [0, 0.05) is 25.7 Å². The minimum absolute atomic E-state index is 0.00361. The van der Waals surface area contributed by atoms with Gasteiger partial charge in [-0.05, 0) is 36.8 Å². The number of rotatable bonds is 4. The van der Waals surface area contributed by atoms with E-state index < -0.39 is 0 Å². The number of amides is 1. The Morgan fingerprint density at radius 2 is 2.08 bits per heavy atom. The van der Waals surface area contributed by atoms with Gasteiger partial charge in [-0.1, -0.05) is 29.4 Å². The molecule has 26 heavy (non-hydrogen) atoms. The standard InChI is InChI=1S/C20H25N3O3/c24-14-17-7-3-4-9-23(17)20(25)19-11-18(26-21-19)13-22-10-8-15-5-1-2-6-16(15)12-22/h1-2,5-6,11,17,24H,3-4,7-10,12-14H2/t17-/m1/s1. The van der Waals surface area contributed by atoms with Gasteiger partial charge in [0.15, 0.2) is 11.5 Å². The van der Waals surface area contributed by atoms with Crippen molar-refractivity contribution < 1.29 is 14.4 Å². The van der Waals surface area contributed by atoms with Crippen LogP contribution in [0.5, 0.6) is 0 Å². The fourth-order valence-corrected chi connectivity index (χ4v) is 4.00. The summed E-state index contributed by atoms with van der Waals surface area (Å²) in [5, 5.41) is 13.5. The van der Waals surface area contributed by atoms with Crippen molar-refractivity contribution in [2.75, 3.05) is 19.7 Å². The van der Waals surface area contributed by atoms with E-state index in [1.807, 2.05) is 0 Å². The van der Waals surface area contributed by atoms with Gasteiger partial charge in [0.05, 0.1) is 19.2 Å². The zero-order valence-electron chi connectivity index (χ0n) is 14.9. The van der Waals surface area contributed by atoms with E-state index in [2.05, 4.69) is 34.3 Å². The number of benzene rings is 1. The van der Waals surface area contributed by atoms with Crippen LogP contribution in [0.3, 0.4) is 0 Å². The van der Waals surface area contributed by atoms with E-state index in [-0.39, 0.29) is 18.6 Å². The van der Waals surface area contributed by atoms with E-state index in [0.717, 1.165) is 38.8 Å². The lowest BCUT2D eigenvalue weighted by atomic mass is 10.00. The number of nitrogens with zero attached hydrogens (tertiary/aromatic N) is 3. The molecule has 1 amide bonds. The highest BCUT2D eigenvalue weighted by molar-refractivity contribution is 5.92. The first kappa shape index (κ1) is 17.2. The second kappa shape index (κ2) is 7.60. The third-order valence-corrected chi connectivity index (χ3v) is 5.47. The number of carbonyl (C=O) groups is 1. The number of likely N-dealkylation sites (tertiary alicyclic amines) is 1. The van der Waals surface area contributed by atoms with Crippen LogP contribution in [0.25, 0.3) is 0 Å². The average molecular weight is 355 g/mol. The van der Waals surface area contributed by atoms with Crippen molar-refractivity contribution in [2.24, 2.45) is 0 Å². The van der Waals surface area contributed by atoms with E-state index in [9.17, 15) is 9.90 Å². The molecule has 1 saturated heterocycles. The summed E-state index contributed by atoms with van der Waals surface area (Å²) < 4.78 is 5.43. The summed E-state index contributed by atoms with van der Waals surface area (Å²) in [6, 6.07) is 10.2. The number of piperidine rings is 1. The van der Waals surface area contributed by atoms with Crippen molar-refractivity contribution in [3.05, 3.63) is 52.9 Å². The topological polar surface area (TPSA) is 69.8 Å². The molecule has 0 aliphatic carbocycles. The molecule has 1 atom stereocenters. The van der Waals surface area contributed by atoms with Gasteiger partial charge in [0.25, 0.3) is 5.91 Å². The lowest BCUT2D eigenvalue weighted by Crippen LogP contribution is -2.45. The summed E-state index contributed by atoms with van der Waals surface area (Å²) in [6.45, 7) is 3.19. The molecule has 0 saturated carbocycles. The molecule has 4 rings (SSSR count). The summed E-state index contributed by atoms with van der Waals surface area (Å²) in [5.41, 5.74) is 3.11. The van der Waals surface area contributed by atoms with Gasteiger partial charge in [-0.25, -0.2) is 0 Å². The van der Waals surface area contributed by atoms with Crippen LogP contribution < -0.4 is 0 Å². The molecule has 1 aromatic carbocycles. The Bertz CT molecular complexity index is 773. The van der Waals surface area contributed by atoms with Gasteiger partial charge in [0.1, 0.15) is 0 Å². The third kappa shape index (κ3) is 3.52. The molecule has 2 aromatic rings. The van der Waals surface area contributed by atoms with E-state index >= 15 is 0 Å². The van der Waals surface area contributed by atoms with Crippen LogP contribution in [0.1, 0.15) is 46.6 Å². The Labute approximate surface area is 153 Å². The maximum Gasteiger partial charge on any atom is 0.276 e. The van der Waals surface area contributed by atoms with E-state index in [1.54, 1.807) is 11.0 Å². The monoisotopic (exact) mass is 355 g/mol. The Kier molecular flexibility index (Phi) is 5.04. The third-order valence-electron chi connectivity index (χ3n) is 5.47. The normalized spacial score (nSPS) is 20.8. The maximum atomic E-state index is 12.7. The van der Waals surface area contributed by atoms with Gasteiger partial charge in [-0.2, -0.15) is 0 Å². The number of hydrogen-bond donors (Lipinski definition) is 1. The first-order valence-electron chi connectivity index (χ1n) is 9.41. The molecule has 6 heteroatoms. The highest BCUT2D eigenvalue weighted by atomic mass is 16.5. The first-order valence-corrected chi connectivity index (χ1v) is 9.41. The second-order valence-electron chi connectivity index (χ2n) is 7.24. The SMILES string of the molecule is O=C(c1cc(CN2CCc3ccccc3C2)on1)N1CCCC[C@@H]1CO. The largest absolute Gasteiger partial charge is 0.394 e. The van der Waals surface area contributed by atoms with Crippen LogP contribution >= 0.6 is 0 Å². The van der Waals surface area contributed by atoms with Crippen molar-refractivity contribution in [3.8, 4) is 0 Å². The van der Waals surface area contributed by atoms with Crippen LogP contribution in [0.2, 0.25) is 0 Å². The van der Waals surface area contributed by atoms with Crippen LogP contribution in [-0.2, 0) is 19.5 Å². The molecule has 0 unspecified atom stereocenters. The highest BCUT2D eigenvalue weighted by Crippen LogP contribution is 2.22. The van der Waals surface area contributed by atoms with Crippen LogP contribution in [-0.4, -0.2) is 51.7 Å². The summed E-state index contributed by atoms with van der Waals surface area (Å²) in [5.74, 6) is 0.577. The molecular formula is C20H25N3O3. The molecule has 6 nitrogen and oxygen atoms in total. The number of aromatic nitrogens is 1. The summed E-state index contributed by atoms with van der Waals surface area (Å²) in [7, 11) is 0. The molecule has 138 valence electrons. The van der Waals surface area contributed by atoms with Gasteiger partial charge in [-0.15, -0.1) is 0 Å². The van der Waals surface area contributed by atoms with E-state index in [4.69, 9.17) is 4.52 Å². The minimum Gasteiger partial charge on any atom is -0.394 e. The van der Waals surface area contributed by atoms with Crippen molar-refractivity contribution in [1.29, 1.82) is 0 Å². The zero-order chi connectivity index (χ0) is 17.9. The van der Waals surface area contributed by atoms with Gasteiger partial charge >= 0.3 is 0 Å². The smallest absolute Gasteiger partial charge is 0.276 e. The maximum absolute atomic E-state index is 12.7. The molecule has 3 heterocycles. The lowest BCUT2D eigenvalue weighted by Gasteiger charge is -2.33. The molecule has 1 N–H and O–H groups in total. The fourth-order valence-electron chi connectivity index (χ4n) is 4.00. The second-order valence-corrected chi connectivity index (χ2v) is 7.24. The fraction of sp³-hybridized carbons (Fsp3) is 0.500. The Balaban J connectivity index is 1.41. The molecule has 2 aliphatic rings.